The van der Waals surface area contributed by atoms with Crippen LogP contribution in [0.3, 0.4) is 0 Å². The minimum Gasteiger partial charge on any atom is -0.367 e. The van der Waals surface area contributed by atoms with Crippen LogP contribution in [-0.2, 0) is 0 Å². The van der Waals surface area contributed by atoms with E-state index in [9.17, 15) is 0 Å². The molecule has 7 nitrogen and oxygen atoms in total. The van der Waals surface area contributed by atoms with E-state index in [2.05, 4.69) is 36.5 Å². The maximum absolute atomic E-state index is 4.65. The Bertz CT molecular complexity index is 1030. The zero-order chi connectivity index (χ0) is 20.2. The molecule has 0 radical (unpaired) electrons. The monoisotopic (exact) mass is 417 g/mol. The van der Waals surface area contributed by atoms with Gasteiger partial charge < -0.3 is 16.1 Å². The molecule has 2 atom stereocenters. The highest BCUT2D eigenvalue weighted by atomic mass is 32.1. The first-order chi connectivity index (χ1) is 14.8. The molecule has 2 aromatic heterocycles. The molecule has 0 spiro atoms. The molecule has 8 heteroatoms. The molecule has 3 heterocycles. The van der Waals surface area contributed by atoms with Crippen molar-refractivity contribution in [2.45, 2.75) is 31.3 Å². The summed E-state index contributed by atoms with van der Waals surface area (Å²) in [5.74, 6) is 1.69. The molecule has 1 fully saturated rings. The van der Waals surface area contributed by atoms with Gasteiger partial charge in [0.05, 0.1) is 11.9 Å². The van der Waals surface area contributed by atoms with Gasteiger partial charge in [0.2, 0.25) is 5.13 Å². The molecule has 3 aromatic rings. The van der Waals surface area contributed by atoms with E-state index in [1.54, 1.807) is 0 Å². The van der Waals surface area contributed by atoms with E-state index in [1.807, 2.05) is 72.2 Å². The van der Waals surface area contributed by atoms with Crippen molar-refractivity contribution >= 4 is 28.2 Å². The van der Waals surface area contributed by atoms with Crippen LogP contribution in [0.25, 0.3) is 11.4 Å². The van der Waals surface area contributed by atoms with Gasteiger partial charge in [-0.15, -0.1) is 0 Å². The Morgan fingerprint density at radius 1 is 1.00 bits per heavy atom. The molecule has 3 N–H and O–H groups in total. The predicted molar refractivity (Wildman–Crippen MR) is 122 cm³/mol. The largest absolute Gasteiger partial charge is 0.367 e. The topological polar surface area (TPSA) is 78.0 Å². The molecule has 30 heavy (non-hydrogen) atoms. The van der Waals surface area contributed by atoms with Crippen molar-refractivity contribution in [3.05, 3.63) is 73.2 Å². The van der Waals surface area contributed by atoms with E-state index in [-0.39, 0.29) is 0 Å². The van der Waals surface area contributed by atoms with E-state index < -0.39 is 0 Å². The minimum atomic E-state index is 0.396. The van der Waals surface area contributed by atoms with Gasteiger partial charge in [0, 0.05) is 41.6 Å². The molecule has 1 saturated carbocycles. The summed E-state index contributed by atoms with van der Waals surface area (Å²) in [6.45, 7) is 0. The summed E-state index contributed by atoms with van der Waals surface area (Å²) in [5, 5.41) is 9.93. The molecular weight excluding hydrogens is 394 g/mol. The first kappa shape index (κ1) is 18.6. The molecule has 1 aromatic carbocycles. The van der Waals surface area contributed by atoms with Crippen LogP contribution < -0.4 is 21.1 Å². The lowest BCUT2D eigenvalue weighted by atomic mass is 10.2. The molecular formula is C22H23N7S. The van der Waals surface area contributed by atoms with Crippen LogP contribution in [0.1, 0.15) is 19.3 Å². The highest BCUT2D eigenvalue weighted by Gasteiger charge is 2.25. The second-order valence-electron chi connectivity index (χ2n) is 7.39. The maximum Gasteiger partial charge on any atom is 0.203 e. The van der Waals surface area contributed by atoms with Gasteiger partial charge in [-0.1, -0.05) is 30.3 Å². The Balaban J connectivity index is 1.14. The Morgan fingerprint density at radius 3 is 2.63 bits per heavy atom. The molecule has 0 amide bonds. The van der Waals surface area contributed by atoms with E-state index in [0.717, 1.165) is 47.3 Å². The van der Waals surface area contributed by atoms with Crippen LogP contribution >= 0.6 is 11.5 Å². The lowest BCUT2D eigenvalue weighted by Gasteiger charge is -2.22. The van der Waals surface area contributed by atoms with Crippen LogP contribution in [0.15, 0.2) is 73.2 Å². The van der Waals surface area contributed by atoms with Crippen LogP contribution in [-0.4, -0.2) is 26.4 Å². The first-order valence-electron chi connectivity index (χ1n) is 10.1. The van der Waals surface area contributed by atoms with Crippen molar-refractivity contribution in [2.24, 2.45) is 0 Å². The van der Waals surface area contributed by atoms with E-state index in [4.69, 9.17) is 0 Å². The predicted octanol–water partition coefficient (Wildman–Crippen LogP) is 4.40. The third kappa shape index (κ3) is 4.28. The normalized spacial score (nSPS) is 20.2. The Labute approximate surface area is 179 Å². The van der Waals surface area contributed by atoms with Gasteiger partial charge in [-0.3, -0.25) is 5.01 Å². The first-order valence-corrected chi connectivity index (χ1v) is 10.9. The van der Waals surface area contributed by atoms with E-state index in [0.29, 0.717) is 12.1 Å². The fraction of sp³-hybridized carbons (Fsp3) is 0.227. The van der Waals surface area contributed by atoms with Gasteiger partial charge in [-0.05, 0) is 43.5 Å². The van der Waals surface area contributed by atoms with Crippen LogP contribution in [0, 0.1) is 0 Å². The lowest BCUT2D eigenvalue weighted by Crippen LogP contribution is -2.30. The quantitative estimate of drug-likeness (QED) is 0.549. The number of aromatic nitrogens is 3. The fourth-order valence-corrected chi connectivity index (χ4v) is 4.41. The fourth-order valence-electron chi connectivity index (χ4n) is 3.75. The van der Waals surface area contributed by atoms with Gasteiger partial charge in [-0.2, -0.15) is 9.36 Å². The zero-order valence-corrected chi connectivity index (χ0v) is 17.2. The number of allylic oxidation sites excluding steroid dienone is 2. The molecule has 1 aliphatic carbocycles. The molecule has 5 rings (SSSR count). The summed E-state index contributed by atoms with van der Waals surface area (Å²) >= 11 is 1.43. The zero-order valence-electron chi connectivity index (χ0n) is 16.4. The third-order valence-corrected chi connectivity index (χ3v) is 5.90. The van der Waals surface area contributed by atoms with Crippen LogP contribution in [0.2, 0.25) is 0 Å². The summed E-state index contributed by atoms with van der Waals surface area (Å²) in [6.07, 6.45) is 12.9. The second-order valence-corrected chi connectivity index (χ2v) is 8.14. The van der Waals surface area contributed by atoms with Crippen molar-refractivity contribution in [1.82, 2.24) is 19.8 Å². The Morgan fingerprint density at radius 2 is 1.87 bits per heavy atom. The summed E-state index contributed by atoms with van der Waals surface area (Å²) in [7, 11) is 0. The number of nitrogens with zero attached hydrogens (tertiary/aromatic N) is 4. The number of hydrogen-bond acceptors (Lipinski definition) is 8. The number of hydrogen-bond donors (Lipinski definition) is 3. The van der Waals surface area contributed by atoms with Gasteiger partial charge in [0.1, 0.15) is 5.82 Å². The van der Waals surface area contributed by atoms with Crippen molar-refractivity contribution in [2.75, 3.05) is 15.6 Å². The molecule has 1 aliphatic heterocycles. The third-order valence-electron chi connectivity index (χ3n) is 5.25. The number of hydrazine groups is 1. The highest BCUT2D eigenvalue weighted by molar-refractivity contribution is 7.09. The molecule has 0 bridgehead atoms. The standard InChI is InChI=1S/C22H23N7S/c1-2-6-16(7-3-1)21-27-22(30-28-21)26-18-9-8-17(14-18)25-20-11-10-19(15-23-20)29-13-5-4-12-24-29/h1-7,10-13,15,17-18,24H,8-9,14H2,(H,23,25)(H,26,27,28)/t17-,18-/m0/s1. The number of rotatable bonds is 6. The smallest absolute Gasteiger partial charge is 0.203 e. The van der Waals surface area contributed by atoms with E-state index in [1.165, 1.54) is 11.5 Å². The van der Waals surface area contributed by atoms with Crippen molar-refractivity contribution in [3.8, 4) is 11.4 Å². The van der Waals surface area contributed by atoms with Gasteiger partial charge >= 0.3 is 0 Å². The maximum atomic E-state index is 4.65. The molecule has 0 saturated heterocycles. The van der Waals surface area contributed by atoms with Crippen molar-refractivity contribution in [1.29, 1.82) is 0 Å². The summed E-state index contributed by atoms with van der Waals surface area (Å²) in [6, 6.07) is 15.0. The highest BCUT2D eigenvalue weighted by Crippen LogP contribution is 2.28. The van der Waals surface area contributed by atoms with Gasteiger partial charge in [-0.25, -0.2) is 4.98 Å². The van der Waals surface area contributed by atoms with Gasteiger partial charge in [0.25, 0.3) is 0 Å². The average Bonchev–Trinajstić information content (AvgIpc) is 3.45. The Kier molecular flexibility index (Phi) is 5.30. The number of anilines is 3. The number of nitrogens with one attached hydrogen (secondary N) is 3. The Hall–Kier alpha value is -3.39. The van der Waals surface area contributed by atoms with Crippen LogP contribution in [0.5, 0.6) is 0 Å². The molecule has 0 unspecified atom stereocenters. The SMILES string of the molecule is C1=CNN(c2ccc(N[C@H]3CC[C@H](Nc4nc(-c5ccccc5)ns4)C3)nc2)C=C1. The molecule has 2 aliphatic rings. The summed E-state index contributed by atoms with van der Waals surface area (Å²) in [4.78, 5) is 9.22. The summed E-state index contributed by atoms with van der Waals surface area (Å²) in [5.41, 5.74) is 5.20. The lowest BCUT2D eigenvalue weighted by molar-refractivity contribution is 0.722. The van der Waals surface area contributed by atoms with E-state index >= 15 is 0 Å². The molecule has 152 valence electrons. The van der Waals surface area contributed by atoms with Crippen molar-refractivity contribution in [3.63, 3.8) is 0 Å². The minimum absolute atomic E-state index is 0.396. The van der Waals surface area contributed by atoms with Crippen LogP contribution in [0.4, 0.5) is 16.6 Å². The average molecular weight is 418 g/mol. The number of benzene rings is 1. The summed E-state index contributed by atoms with van der Waals surface area (Å²) < 4.78 is 4.49. The number of pyridine rings is 1. The van der Waals surface area contributed by atoms with Crippen molar-refractivity contribution < 1.29 is 0 Å². The second kappa shape index (κ2) is 8.54. The van der Waals surface area contributed by atoms with Gasteiger partial charge in [0.15, 0.2) is 5.82 Å².